The number of amides is 1. The van der Waals surface area contributed by atoms with Crippen LogP contribution in [0.1, 0.15) is 29.9 Å². The van der Waals surface area contributed by atoms with E-state index in [1.807, 2.05) is 18.4 Å². The topological polar surface area (TPSA) is 57.2 Å². The van der Waals surface area contributed by atoms with Crippen LogP contribution in [-0.4, -0.2) is 17.1 Å². The van der Waals surface area contributed by atoms with E-state index in [1.165, 1.54) is 0 Å². The number of ether oxygens (including phenoxy) is 1. The quantitative estimate of drug-likeness (QED) is 0.732. The number of fused-ring (bicyclic) bond motifs is 1. The summed E-state index contributed by atoms with van der Waals surface area (Å²) in [6, 6.07) is 1.78. The van der Waals surface area contributed by atoms with Crippen LogP contribution in [0.15, 0.2) is 12.3 Å². The van der Waals surface area contributed by atoms with E-state index in [0.29, 0.717) is 18.8 Å². The number of carbonyl (C=O) groups is 1. The minimum absolute atomic E-state index is 0.378. The second-order valence-corrected chi connectivity index (χ2v) is 2.83. The average molecular weight is 196 g/mol. The lowest BCUT2D eigenvalue weighted by atomic mass is 10.3. The van der Waals surface area contributed by atoms with Gasteiger partial charge < -0.3 is 15.0 Å². The van der Waals surface area contributed by atoms with Gasteiger partial charge in [-0.3, -0.25) is 4.79 Å². The first-order chi connectivity index (χ1) is 6.77. The molecule has 2 rings (SSSR count). The number of hydrogen-bond donors (Lipinski definition) is 1. The van der Waals surface area contributed by atoms with Crippen LogP contribution < -0.4 is 5.73 Å². The van der Waals surface area contributed by atoms with Crippen molar-refractivity contribution in [3.05, 3.63) is 23.5 Å². The molecular weight excluding hydrogens is 180 g/mol. The Hall–Kier alpha value is -1.29. The summed E-state index contributed by atoms with van der Waals surface area (Å²) in [5.74, 6) is -0.378. The molecule has 0 saturated carbocycles. The van der Waals surface area contributed by atoms with Gasteiger partial charge in [-0.2, -0.15) is 0 Å². The molecule has 0 fully saturated rings. The van der Waals surface area contributed by atoms with Crippen LogP contribution in [0.3, 0.4) is 0 Å². The molecule has 4 heteroatoms. The minimum Gasteiger partial charge on any atom is -0.373 e. The first kappa shape index (κ1) is 10.8. The highest BCUT2D eigenvalue weighted by molar-refractivity contribution is 5.92. The predicted octanol–water partition coefficient (Wildman–Crippen LogP) is 1.14. The van der Waals surface area contributed by atoms with Gasteiger partial charge in [0.2, 0.25) is 5.91 Å². The first-order valence-corrected chi connectivity index (χ1v) is 4.84. The monoisotopic (exact) mass is 196 g/mol. The molecule has 14 heavy (non-hydrogen) atoms. The van der Waals surface area contributed by atoms with E-state index in [4.69, 9.17) is 10.5 Å². The second-order valence-electron chi connectivity index (χ2n) is 2.83. The number of nitrogens with zero attached hydrogens (tertiary/aromatic N) is 1. The van der Waals surface area contributed by atoms with Gasteiger partial charge in [-0.25, -0.2) is 0 Å². The van der Waals surface area contributed by atoms with Crippen LogP contribution in [0.2, 0.25) is 0 Å². The Labute approximate surface area is 83.7 Å². The maximum absolute atomic E-state index is 10.8. The zero-order valence-corrected chi connectivity index (χ0v) is 8.62. The fourth-order valence-corrected chi connectivity index (χ4v) is 1.36. The van der Waals surface area contributed by atoms with E-state index >= 15 is 0 Å². The second kappa shape index (κ2) is 4.81. The highest BCUT2D eigenvalue weighted by atomic mass is 16.5. The van der Waals surface area contributed by atoms with Crippen LogP contribution >= 0.6 is 0 Å². The maximum atomic E-state index is 10.8. The lowest BCUT2D eigenvalue weighted by molar-refractivity contribution is 0.0850. The van der Waals surface area contributed by atoms with Crippen molar-refractivity contribution >= 4 is 5.91 Å². The molecule has 0 aromatic carbocycles. The molecule has 78 valence electrons. The van der Waals surface area contributed by atoms with Gasteiger partial charge >= 0.3 is 0 Å². The summed E-state index contributed by atoms with van der Waals surface area (Å²) in [6.45, 7) is 6.09. The highest BCUT2D eigenvalue weighted by Crippen LogP contribution is 2.13. The molecule has 0 saturated heterocycles. The average Bonchev–Trinajstić information content (AvgIpc) is 2.64. The van der Waals surface area contributed by atoms with E-state index < -0.39 is 0 Å². The molecule has 0 aliphatic carbocycles. The fraction of sp³-hybridized carbons (Fsp3) is 0.500. The number of carbonyl (C=O) groups excluding carboxylic acids is 1. The zero-order valence-electron chi connectivity index (χ0n) is 8.62. The molecular formula is C10H16N2O2. The highest BCUT2D eigenvalue weighted by Gasteiger charge is 2.12. The summed E-state index contributed by atoms with van der Waals surface area (Å²) in [7, 11) is 0. The summed E-state index contributed by atoms with van der Waals surface area (Å²) in [6.07, 6.45) is 1.78. The van der Waals surface area contributed by atoms with Gasteiger partial charge in [0.05, 0.1) is 18.8 Å². The van der Waals surface area contributed by atoms with E-state index in [0.717, 1.165) is 12.2 Å². The third kappa shape index (κ3) is 2.14. The largest absolute Gasteiger partial charge is 0.373 e. The maximum Gasteiger partial charge on any atom is 0.250 e. The van der Waals surface area contributed by atoms with Crippen LogP contribution in [0.25, 0.3) is 0 Å². The van der Waals surface area contributed by atoms with Crippen molar-refractivity contribution in [2.24, 2.45) is 5.73 Å². The minimum atomic E-state index is -0.378. The Morgan fingerprint density at radius 1 is 1.57 bits per heavy atom. The number of hydrogen-bond acceptors (Lipinski definition) is 2. The van der Waals surface area contributed by atoms with Crippen molar-refractivity contribution in [1.82, 2.24) is 4.57 Å². The molecule has 1 aromatic rings. The molecule has 1 aliphatic rings. The van der Waals surface area contributed by atoms with Crippen molar-refractivity contribution in [2.75, 3.05) is 6.61 Å². The van der Waals surface area contributed by atoms with E-state index in [2.05, 4.69) is 0 Å². The Balaban J connectivity index is 0.000000461. The predicted molar refractivity (Wildman–Crippen MR) is 54.0 cm³/mol. The molecule has 1 aliphatic heterocycles. The third-order valence-corrected chi connectivity index (χ3v) is 2.00. The fourth-order valence-electron chi connectivity index (χ4n) is 1.36. The van der Waals surface area contributed by atoms with Crippen molar-refractivity contribution in [1.29, 1.82) is 0 Å². The van der Waals surface area contributed by atoms with E-state index in [-0.39, 0.29) is 5.91 Å². The number of aromatic nitrogens is 1. The summed E-state index contributed by atoms with van der Waals surface area (Å²) in [5, 5.41) is 0. The van der Waals surface area contributed by atoms with Gasteiger partial charge in [-0.15, -0.1) is 0 Å². The lowest BCUT2D eigenvalue weighted by Gasteiger charge is -2.14. The Morgan fingerprint density at radius 3 is 2.86 bits per heavy atom. The van der Waals surface area contributed by atoms with Gasteiger partial charge in [0.25, 0.3) is 0 Å². The first-order valence-electron chi connectivity index (χ1n) is 4.84. The van der Waals surface area contributed by atoms with Gasteiger partial charge in [0.15, 0.2) is 0 Å². The molecule has 1 aromatic heterocycles. The van der Waals surface area contributed by atoms with Gasteiger partial charge in [-0.05, 0) is 6.07 Å². The zero-order chi connectivity index (χ0) is 10.6. The van der Waals surface area contributed by atoms with Crippen LogP contribution in [-0.2, 0) is 17.9 Å². The molecule has 4 nitrogen and oxygen atoms in total. The van der Waals surface area contributed by atoms with Gasteiger partial charge in [-0.1, -0.05) is 13.8 Å². The summed E-state index contributed by atoms with van der Waals surface area (Å²) in [5.41, 5.74) is 6.72. The van der Waals surface area contributed by atoms with Crippen LogP contribution in [0, 0.1) is 0 Å². The Bertz CT molecular complexity index is 294. The normalized spacial score (nSPS) is 13.9. The Morgan fingerprint density at radius 2 is 2.29 bits per heavy atom. The molecule has 1 amide bonds. The molecule has 2 N–H and O–H groups in total. The third-order valence-electron chi connectivity index (χ3n) is 2.00. The van der Waals surface area contributed by atoms with Crippen molar-refractivity contribution in [2.45, 2.75) is 27.0 Å². The number of rotatable bonds is 1. The van der Waals surface area contributed by atoms with Gasteiger partial charge in [0, 0.05) is 18.4 Å². The molecule has 2 heterocycles. The lowest BCUT2D eigenvalue weighted by Crippen LogP contribution is -2.14. The van der Waals surface area contributed by atoms with Crippen molar-refractivity contribution in [3.8, 4) is 0 Å². The summed E-state index contributed by atoms with van der Waals surface area (Å²) in [4.78, 5) is 10.8. The molecule has 0 atom stereocenters. The van der Waals surface area contributed by atoms with Crippen LogP contribution in [0.4, 0.5) is 0 Å². The number of primary amides is 1. The molecule has 0 bridgehead atoms. The summed E-state index contributed by atoms with van der Waals surface area (Å²) < 4.78 is 7.22. The number of nitrogens with two attached hydrogens (primary N) is 1. The van der Waals surface area contributed by atoms with Crippen molar-refractivity contribution < 1.29 is 9.53 Å². The van der Waals surface area contributed by atoms with E-state index in [9.17, 15) is 4.79 Å². The Kier molecular flexibility index (Phi) is 3.71. The van der Waals surface area contributed by atoms with Gasteiger partial charge in [0.1, 0.15) is 0 Å². The smallest absolute Gasteiger partial charge is 0.250 e. The molecule has 0 spiro atoms. The summed E-state index contributed by atoms with van der Waals surface area (Å²) >= 11 is 0. The molecule has 0 unspecified atom stereocenters. The standard InChI is InChI=1S/C8H10N2O2.C2H6/c9-8(11)6-3-7-5-12-2-1-10(7)4-6;1-2/h3-4H,1-2,5H2,(H2,9,11);1-2H3. The van der Waals surface area contributed by atoms with Crippen LogP contribution in [0.5, 0.6) is 0 Å². The SMILES string of the molecule is CC.NC(=O)c1cc2n(c1)CCOC2. The van der Waals surface area contributed by atoms with E-state index in [1.54, 1.807) is 12.3 Å². The molecule has 0 radical (unpaired) electrons. The van der Waals surface area contributed by atoms with Crippen molar-refractivity contribution in [3.63, 3.8) is 0 Å².